The third-order valence-electron chi connectivity index (χ3n) is 3.62. The molecule has 0 N–H and O–H groups in total. The van der Waals surface area contributed by atoms with E-state index in [0.29, 0.717) is 19.6 Å². The van der Waals surface area contributed by atoms with E-state index in [-0.39, 0.29) is 18.2 Å². The van der Waals surface area contributed by atoms with Gasteiger partial charge in [0.25, 0.3) is 0 Å². The first-order chi connectivity index (χ1) is 9.99. The molecular formula is C14H21N3O3S. The van der Waals surface area contributed by atoms with E-state index >= 15 is 0 Å². The molecule has 0 aromatic carbocycles. The van der Waals surface area contributed by atoms with Crippen LogP contribution in [0.4, 0.5) is 0 Å². The van der Waals surface area contributed by atoms with Gasteiger partial charge >= 0.3 is 0 Å². The second-order valence-electron chi connectivity index (χ2n) is 5.22. The van der Waals surface area contributed by atoms with Crippen LogP contribution in [0.5, 0.6) is 0 Å². The van der Waals surface area contributed by atoms with Crippen molar-refractivity contribution in [2.45, 2.75) is 26.3 Å². The van der Waals surface area contributed by atoms with Crippen molar-refractivity contribution in [2.24, 2.45) is 0 Å². The molecule has 1 aromatic heterocycles. The molecule has 0 saturated carbocycles. The number of nitrogens with zero attached hydrogens (tertiary/aromatic N) is 3. The Morgan fingerprint density at radius 2 is 2.10 bits per heavy atom. The second-order valence-corrected chi connectivity index (χ2v) is 7.31. The van der Waals surface area contributed by atoms with E-state index in [4.69, 9.17) is 0 Å². The molecule has 0 aliphatic carbocycles. The molecule has 0 atom stereocenters. The van der Waals surface area contributed by atoms with Crippen molar-refractivity contribution in [3.8, 4) is 0 Å². The van der Waals surface area contributed by atoms with Crippen molar-refractivity contribution in [3.05, 3.63) is 30.1 Å². The standard InChI is InChI=1S/C14H21N3O3S/c1-13(18)16(12-14-5-4-6-15-11-14)9-10-21(19,20)17-7-2-3-8-17/h4-6,11H,2-3,7-10,12H2,1H3. The zero-order valence-electron chi connectivity index (χ0n) is 12.2. The smallest absolute Gasteiger partial charge is 0.219 e. The minimum Gasteiger partial charge on any atom is -0.337 e. The molecule has 1 saturated heterocycles. The van der Waals surface area contributed by atoms with Gasteiger partial charge in [-0.2, -0.15) is 0 Å². The number of aromatic nitrogens is 1. The summed E-state index contributed by atoms with van der Waals surface area (Å²) in [5, 5.41) is 0. The molecule has 21 heavy (non-hydrogen) atoms. The van der Waals surface area contributed by atoms with Gasteiger partial charge in [0.1, 0.15) is 0 Å². The van der Waals surface area contributed by atoms with Crippen molar-refractivity contribution < 1.29 is 13.2 Å². The van der Waals surface area contributed by atoms with E-state index in [1.54, 1.807) is 23.4 Å². The Bertz CT molecular complexity index is 568. The van der Waals surface area contributed by atoms with Crippen molar-refractivity contribution in [3.63, 3.8) is 0 Å². The Hall–Kier alpha value is -1.47. The van der Waals surface area contributed by atoms with Gasteiger partial charge in [-0.1, -0.05) is 6.07 Å². The highest BCUT2D eigenvalue weighted by molar-refractivity contribution is 7.89. The van der Waals surface area contributed by atoms with Crippen LogP contribution in [0.1, 0.15) is 25.3 Å². The zero-order valence-corrected chi connectivity index (χ0v) is 13.1. The molecule has 1 fully saturated rings. The number of pyridine rings is 1. The van der Waals surface area contributed by atoms with E-state index in [9.17, 15) is 13.2 Å². The van der Waals surface area contributed by atoms with E-state index in [2.05, 4.69) is 4.98 Å². The third-order valence-corrected chi connectivity index (χ3v) is 5.47. The van der Waals surface area contributed by atoms with E-state index in [1.807, 2.05) is 6.07 Å². The first kappa shape index (κ1) is 15.9. The van der Waals surface area contributed by atoms with Crippen LogP contribution in [0.25, 0.3) is 0 Å². The van der Waals surface area contributed by atoms with Crippen molar-refractivity contribution in [1.29, 1.82) is 0 Å². The molecule has 0 spiro atoms. The largest absolute Gasteiger partial charge is 0.337 e. The molecule has 0 bridgehead atoms. The summed E-state index contributed by atoms with van der Waals surface area (Å²) in [6.45, 7) is 3.26. The minimum atomic E-state index is -3.26. The topological polar surface area (TPSA) is 70.6 Å². The number of amides is 1. The number of hydrogen-bond acceptors (Lipinski definition) is 4. The maximum atomic E-state index is 12.2. The van der Waals surface area contributed by atoms with Crippen molar-refractivity contribution >= 4 is 15.9 Å². The van der Waals surface area contributed by atoms with Crippen LogP contribution >= 0.6 is 0 Å². The quantitative estimate of drug-likeness (QED) is 0.781. The lowest BCUT2D eigenvalue weighted by atomic mass is 10.2. The predicted molar refractivity (Wildman–Crippen MR) is 79.9 cm³/mol. The van der Waals surface area contributed by atoms with Gasteiger partial charge in [0.15, 0.2) is 0 Å². The molecular weight excluding hydrogens is 290 g/mol. The van der Waals surface area contributed by atoms with Gasteiger partial charge in [0, 0.05) is 45.5 Å². The fourth-order valence-corrected chi connectivity index (χ4v) is 3.90. The van der Waals surface area contributed by atoms with Crippen LogP contribution in [-0.4, -0.2) is 53.9 Å². The molecule has 1 aliphatic heterocycles. The molecule has 2 rings (SSSR count). The first-order valence-corrected chi connectivity index (χ1v) is 8.72. The Balaban J connectivity index is 1.95. The fraction of sp³-hybridized carbons (Fsp3) is 0.571. The molecule has 7 heteroatoms. The van der Waals surface area contributed by atoms with Gasteiger partial charge < -0.3 is 4.90 Å². The maximum absolute atomic E-state index is 12.2. The normalized spacial score (nSPS) is 16.0. The van der Waals surface area contributed by atoms with Gasteiger partial charge in [-0.15, -0.1) is 0 Å². The Labute approximate surface area is 125 Å². The Morgan fingerprint density at radius 3 is 2.67 bits per heavy atom. The SMILES string of the molecule is CC(=O)N(CCS(=O)(=O)N1CCCC1)Cc1cccnc1. The van der Waals surface area contributed by atoms with Crippen LogP contribution in [0.2, 0.25) is 0 Å². The Kier molecular flexibility index (Phi) is 5.30. The lowest BCUT2D eigenvalue weighted by molar-refractivity contribution is -0.129. The summed E-state index contributed by atoms with van der Waals surface area (Å²) in [5.74, 6) is -0.150. The summed E-state index contributed by atoms with van der Waals surface area (Å²) in [6, 6.07) is 3.67. The summed E-state index contributed by atoms with van der Waals surface area (Å²) in [6.07, 6.45) is 5.20. The van der Waals surface area contributed by atoms with Crippen molar-refractivity contribution in [2.75, 3.05) is 25.4 Å². The highest BCUT2D eigenvalue weighted by Gasteiger charge is 2.26. The predicted octanol–water partition coefficient (Wildman–Crippen LogP) is 0.856. The highest BCUT2D eigenvalue weighted by atomic mass is 32.2. The van der Waals surface area contributed by atoms with E-state index < -0.39 is 10.0 Å². The summed E-state index contributed by atoms with van der Waals surface area (Å²) < 4.78 is 25.9. The number of carbonyl (C=O) groups is 1. The summed E-state index contributed by atoms with van der Waals surface area (Å²) in [4.78, 5) is 17.2. The average molecular weight is 311 g/mol. The van der Waals surface area contributed by atoms with Crippen LogP contribution < -0.4 is 0 Å². The van der Waals surface area contributed by atoms with E-state index in [1.165, 1.54) is 11.2 Å². The van der Waals surface area contributed by atoms with Gasteiger partial charge in [0.2, 0.25) is 15.9 Å². The van der Waals surface area contributed by atoms with Crippen LogP contribution in [0.3, 0.4) is 0 Å². The molecule has 0 unspecified atom stereocenters. The van der Waals surface area contributed by atoms with Crippen molar-refractivity contribution in [1.82, 2.24) is 14.2 Å². The highest BCUT2D eigenvalue weighted by Crippen LogP contribution is 2.13. The number of carbonyl (C=O) groups excluding carboxylic acids is 1. The molecule has 116 valence electrons. The number of hydrogen-bond donors (Lipinski definition) is 0. The van der Waals surface area contributed by atoms with E-state index in [0.717, 1.165) is 18.4 Å². The Morgan fingerprint density at radius 1 is 1.38 bits per heavy atom. The average Bonchev–Trinajstić information content (AvgIpc) is 2.99. The van der Waals surface area contributed by atoms with Gasteiger partial charge in [0.05, 0.1) is 5.75 Å². The van der Waals surface area contributed by atoms with Gasteiger partial charge in [-0.3, -0.25) is 9.78 Å². The van der Waals surface area contributed by atoms with Crippen LogP contribution in [0.15, 0.2) is 24.5 Å². The first-order valence-electron chi connectivity index (χ1n) is 7.11. The molecule has 1 amide bonds. The summed E-state index contributed by atoms with van der Waals surface area (Å²) in [5.41, 5.74) is 0.895. The van der Waals surface area contributed by atoms with Crippen LogP contribution in [-0.2, 0) is 21.4 Å². The zero-order chi connectivity index (χ0) is 15.3. The fourth-order valence-electron chi connectivity index (χ4n) is 2.38. The van der Waals surface area contributed by atoms with Crippen LogP contribution in [0, 0.1) is 0 Å². The molecule has 0 radical (unpaired) electrons. The third kappa shape index (κ3) is 4.50. The minimum absolute atomic E-state index is 0.0210. The summed E-state index contributed by atoms with van der Waals surface area (Å²) >= 11 is 0. The maximum Gasteiger partial charge on any atom is 0.219 e. The summed E-state index contributed by atoms with van der Waals surface area (Å²) in [7, 11) is -3.26. The van der Waals surface area contributed by atoms with Gasteiger partial charge in [-0.25, -0.2) is 12.7 Å². The lowest BCUT2D eigenvalue weighted by Gasteiger charge is -2.23. The molecule has 1 aliphatic rings. The molecule has 6 nitrogen and oxygen atoms in total. The molecule has 1 aromatic rings. The van der Waals surface area contributed by atoms with Gasteiger partial charge in [-0.05, 0) is 24.5 Å². The number of sulfonamides is 1. The number of rotatable bonds is 6. The second kappa shape index (κ2) is 7.00. The lowest BCUT2D eigenvalue weighted by Crippen LogP contribution is -2.38. The monoisotopic (exact) mass is 311 g/mol. The molecule has 2 heterocycles.